The first-order valence-electron chi connectivity index (χ1n) is 11.3. The molecule has 1 fully saturated rings. The number of hydrogen-bond donors (Lipinski definition) is 1. The van der Waals surface area contributed by atoms with Crippen LogP contribution in [0, 0.1) is 5.92 Å². The normalized spacial score (nSPS) is 20.3. The van der Waals surface area contributed by atoms with Crippen molar-refractivity contribution in [2.24, 2.45) is 5.92 Å². The van der Waals surface area contributed by atoms with Crippen LogP contribution in [-0.2, 0) is 32.5 Å². The van der Waals surface area contributed by atoms with Gasteiger partial charge in [0, 0.05) is 20.5 Å². The summed E-state index contributed by atoms with van der Waals surface area (Å²) in [5, 5.41) is 2.01. The van der Waals surface area contributed by atoms with Gasteiger partial charge in [0.25, 0.3) is 0 Å². The third kappa shape index (κ3) is 4.50. The Hall–Kier alpha value is -2.90. The van der Waals surface area contributed by atoms with Gasteiger partial charge in [-0.05, 0) is 42.5 Å². The summed E-state index contributed by atoms with van der Waals surface area (Å²) in [6.45, 7) is 3.13. The highest BCUT2D eigenvalue weighted by atomic mass is 79.9. The van der Waals surface area contributed by atoms with Crippen LogP contribution in [0.4, 0.5) is 24.5 Å². The minimum Gasteiger partial charge on any atom is -0.325 e. The predicted molar refractivity (Wildman–Crippen MR) is 141 cm³/mol. The molecule has 0 spiro atoms. The number of rotatable bonds is 4. The molecule has 13 heteroatoms. The third-order valence-electron chi connectivity index (χ3n) is 6.56. The molecule has 5 rings (SSSR count). The molecule has 1 N–H and O–H groups in total. The van der Waals surface area contributed by atoms with Gasteiger partial charge >= 0.3 is 11.0 Å². The van der Waals surface area contributed by atoms with Gasteiger partial charge in [-0.2, -0.15) is 13.2 Å². The second-order valence-electron chi connectivity index (χ2n) is 9.44. The number of benzene rings is 2. The third-order valence-corrected chi connectivity index (χ3v) is 9.92. The molecule has 0 aliphatic carbocycles. The molecule has 0 unspecified atom stereocenters. The Bertz CT molecular complexity index is 1530. The number of carbonyl (C=O) groups excluding carboxylic acids is 3. The van der Waals surface area contributed by atoms with Gasteiger partial charge < -0.3 is 5.32 Å². The van der Waals surface area contributed by atoms with Crippen LogP contribution in [0.25, 0.3) is 0 Å². The number of imide groups is 1. The number of alkyl halides is 3. The summed E-state index contributed by atoms with van der Waals surface area (Å²) in [4.78, 5) is 53.9. The maximum absolute atomic E-state index is 13.5. The maximum atomic E-state index is 13.5. The van der Waals surface area contributed by atoms with Crippen molar-refractivity contribution in [3.63, 3.8) is 0 Å². The van der Waals surface area contributed by atoms with Crippen LogP contribution in [0.5, 0.6) is 0 Å². The molecule has 0 radical (unpaired) electrons. The van der Waals surface area contributed by atoms with Crippen LogP contribution in [0.2, 0.25) is 0 Å². The molecule has 3 heterocycles. The SMILES string of the molecule is CC1(C)c2sc(=O)n(CC(=O)Nc3cccc(C(F)(F)F)c3)c2S[C@@H]2C(=O)N(c3ccc(Br)cc3)C(=O)[C@@H]21. The molecule has 38 heavy (non-hydrogen) atoms. The van der Waals surface area contributed by atoms with Crippen LogP contribution >= 0.6 is 39.0 Å². The second-order valence-corrected chi connectivity index (χ2v) is 12.4. The summed E-state index contributed by atoms with van der Waals surface area (Å²) < 4.78 is 41.1. The Morgan fingerprint density at radius 3 is 2.42 bits per heavy atom. The number of carbonyl (C=O) groups is 3. The van der Waals surface area contributed by atoms with Gasteiger partial charge in [0.15, 0.2) is 0 Å². The van der Waals surface area contributed by atoms with E-state index in [-0.39, 0.29) is 11.6 Å². The predicted octanol–water partition coefficient (Wildman–Crippen LogP) is 5.27. The van der Waals surface area contributed by atoms with E-state index in [0.29, 0.717) is 15.6 Å². The Labute approximate surface area is 231 Å². The fraction of sp³-hybridized carbons (Fsp3) is 0.280. The molecule has 1 aromatic heterocycles. The van der Waals surface area contributed by atoms with Crippen molar-refractivity contribution in [3.8, 4) is 0 Å². The Balaban J connectivity index is 1.44. The first kappa shape index (κ1) is 26.7. The monoisotopic (exact) mass is 625 g/mol. The van der Waals surface area contributed by atoms with Gasteiger partial charge in [-0.1, -0.05) is 58.9 Å². The molecular weight excluding hydrogens is 607 g/mol. The number of aromatic nitrogens is 1. The van der Waals surface area contributed by atoms with E-state index in [2.05, 4.69) is 21.2 Å². The Morgan fingerprint density at radius 2 is 1.76 bits per heavy atom. The summed E-state index contributed by atoms with van der Waals surface area (Å²) in [6, 6.07) is 11.0. The summed E-state index contributed by atoms with van der Waals surface area (Å²) >= 11 is 5.31. The number of fused-ring (bicyclic) bond motifs is 2. The Kier molecular flexibility index (Phi) is 6.59. The molecule has 0 saturated carbocycles. The van der Waals surface area contributed by atoms with Gasteiger partial charge in [0.05, 0.1) is 22.2 Å². The quantitative estimate of drug-likeness (QED) is 0.399. The zero-order valence-corrected chi connectivity index (χ0v) is 23.1. The molecule has 2 aromatic carbocycles. The molecule has 3 aromatic rings. The lowest BCUT2D eigenvalue weighted by molar-refractivity contribution is -0.137. The first-order chi connectivity index (χ1) is 17.8. The molecule has 2 aliphatic heterocycles. The van der Waals surface area contributed by atoms with Crippen LogP contribution in [-0.4, -0.2) is 27.5 Å². The summed E-state index contributed by atoms with van der Waals surface area (Å²) in [7, 11) is 0. The minimum absolute atomic E-state index is 0.0586. The number of amides is 3. The van der Waals surface area contributed by atoms with Crippen molar-refractivity contribution < 1.29 is 27.6 Å². The van der Waals surface area contributed by atoms with E-state index in [1.54, 1.807) is 38.1 Å². The lowest BCUT2D eigenvalue weighted by Crippen LogP contribution is -2.41. The molecule has 2 atom stereocenters. The second kappa shape index (κ2) is 9.38. The summed E-state index contributed by atoms with van der Waals surface area (Å²) in [5.41, 5.74) is -1.41. The Morgan fingerprint density at radius 1 is 1.08 bits per heavy atom. The number of halogens is 4. The number of hydrogen-bond acceptors (Lipinski definition) is 6. The molecule has 198 valence electrons. The van der Waals surface area contributed by atoms with Crippen molar-refractivity contribution in [2.75, 3.05) is 10.2 Å². The number of anilines is 2. The average molecular weight is 626 g/mol. The van der Waals surface area contributed by atoms with E-state index in [1.807, 2.05) is 0 Å². The van der Waals surface area contributed by atoms with Crippen LogP contribution in [0.1, 0.15) is 24.3 Å². The minimum atomic E-state index is -4.57. The number of thiazole rings is 1. The van der Waals surface area contributed by atoms with Crippen molar-refractivity contribution in [2.45, 2.75) is 42.3 Å². The smallest absolute Gasteiger partial charge is 0.325 e. The van der Waals surface area contributed by atoms with E-state index in [4.69, 9.17) is 0 Å². The van der Waals surface area contributed by atoms with Gasteiger partial charge in [-0.3, -0.25) is 23.7 Å². The average Bonchev–Trinajstić information content (AvgIpc) is 3.28. The van der Waals surface area contributed by atoms with Crippen molar-refractivity contribution in [3.05, 3.63) is 73.1 Å². The van der Waals surface area contributed by atoms with E-state index in [0.717, 1.165) is 44.6 Å². The topological polar surface area (TPSA) is 88.5 Å². The van der Waals surface area contributed by atoms with Crippen LogP contribution in [0.3, 0.4) is 0 Å². The van der Waals surface area contributed by atoms with Gasteiger partial charge in [-0.25, -0.2) is 4.90 Å². The van der Waals surface area contributed by atoms with Gasteiger partial charge in [0.2, 0.25) is 17.7 Å². The van der Waals surface area contributed by atoms with Crippen molar-refractivity contribution >= 4 is 68.1 Å². The standard InChI is InChI=1S/C25H19BrF3N3O4S2/c1-24(2)17-18(21(35)32(20(17)34)15-8-6-13(26)7-9-15)37-22-19(24)38-23(36)31(22)11-16(33)30-14-5-3-4-12(10-14)25(27,28)29/h3-10,17-18H,11H2,1-2H3,(H,30,33)/t17-,18+/m1/s1. The highest BCUT2D eigenvalue weighted by Gasteiger charge is 2.59. The van der Waals surface area contributed by atoms with Gasteiger partial charge in [-0.15, -0.1) is 0 Å². The van der Waals surface area contributed by atoms with E-state index in [9.17, 15) is 32.3 Å². The summed E-state index contributed by atoms with van der Waals surface area (Å²) in [6.07, 6.45) is -4.57. The zero-order valence-electron chi connectivity index (χ0n) is 19.8. The fourth-order valence-electron chi connectivity index (χ4n) is 4.73. The highest BCUT2D eigenvalue weighted by Crippen LogP contribution is 2.54. The molecule has 3 amide bonds. The van der Waals surface area contributed by atoms with E-state index in [1.165, 1.54) is 16.7 Å². The molecule has 0 bridgehead atoms. The highest BCUT2D eigenvalue weighted by molar-refractivity contribution is 9.10. The largest absolute Gasteiger partial charge is 0.416 e. The molecular formula is C25H19BrF3N3O4S2. The maximum Gasteiger partial charge on any atom is 0.416 e. The van der Waals surface area contributed by atoms with Crippen molar-refractivity contribution in [1.82, 2.24) is 4.57 Å². The molecule has 1 saturated heterocycles. The van der Waals surface area contributed by atoms with E-state index < -0.39 is 51.6 Å². The molecule has 2 aliphatic rings. The number of nitrogens with zero attached hydrogens (tertiary/aromatic N) is 2. The lowest BCUT2D eigenvalue weighted by atomic mass is 9.76. The summed E-state index contributed by atoms with van der Waals surface area (Å²) in [5.74, 6) is -2.19. The lowest BCUT2D eigenvalue weighted by Gasteiger charge is -2.36. The van der Waals surface area contributed by atoms with Crippen molar-refractivity contribution in [1.29, 1.82) is 0 Å². The number of nitrogens with one attached hydrogen (secondary N) is 1. The fourth-order valence-corrected chi connectivity index (χ4v) is 8.03. The van der Waals surface area contributed by atoms with Crippen LogP contribution in [0.15, 0.2) is 62.8 Å². The zero-order chi connectivity index (χ0) is 27.6. The van der Waals surface area contributed by atoms with E-state index >= 15 is 0 Å². The van der Waals surface area contributed by atoms with Gasteiger partial charge in [0.1, 0.15) is 11.8 Å². The molecule has 7 nitrogen and oxygen atoms in total. The number of thioether (sulfide) groups is 1. The van der Waals surface area contributed by atoms with Crippen LogP contribution < -0.4 is 15.1 Å². The first-order valence-corrected chi connectivity index (χ1v) is 13.8.